The number of nitrogens with one attached hydrogen (secondary N) is 2. The Hall–Kier alpha value is -3.21. The largest absolute Gasteiger partial charge is 0.366 e. The molecule has 27 heavy (non-hydrogen) atoms. The minimum Gasteiger partial charge on any atom is -0.366 e. The van der Waals surface area contributed by atoms with Gasteiger partial charge in [-0.2, -0.15) is 0 Å². The summed E-state index contributed by atoms with van der Waals surface area (Å²) >= 11 is 0. The third kappa shape index (κ3) is 4.70. The predicted octanol–water partition coefficient (Wildman–Crippen LogP) is 4.47. The van der Waals surface area contributed by atoms with Crippen LogP contribution in [0.4, 0.5) is 11.5 Å². The number of amides is 1. The molecule has 2 heterocycles. The van der Waals surface area contributed by atoms with Crippen LogP contribution in [0.15, 0.2) is 61.1 Å². The first-order chi connectivity index (χ1) is 13.2. The third-order valence-corrected chi connectivity index (χ3v) is 4.46. The lowest BCUT2D eigenvalue weighted by molar-refractivity contribution is 0.102. The minimum absolute atomic E-state index is 0.142. The molecule has 0 aliphatic heterocycles. The van der Waals surface area contributed by atoms with E-state index < -0.39 is 0 Å². The smallest absolute Gasteiger partial charge is 0.257 e. The van der Waals surface area contributed by atoms with E-state index in [1.807, 2.05) is 30.5 Å². The summed E-state index contributed by atoms with van der Waals surface area (Å²) in [4.78, 5) is 21.1. The van der Waals surface area contributed by atoms with Gasteiger partial charge in [-0.15, -0.1) is 0 Å². The maximum absolute atomic E-state index is 12.7. The van der Waals surface area contributed by atoms with Gasteiger partial charge in [0.1, 0.15) is 5.82 Å². The Morgan fingerprint density at radius 1 is 0.963 bits per heavy atom. The zero-order valence-electron chi connectivity index (χ0n) is 15.7. The van der Waals surface area contributed by atoms with Crippen molar-refractivity contribution in [3.05, 3.63) is 83.3 Å². The molecule has 3 rings (SSSR count). The Bertz CT molecular complexity index is 870. The van der Waals surface area contributed by atoms with Gasteiger partial charge < -0.3 is 10.6 Å². The van der Waals surface area contributed by atoms with E-state index in [0.717, 1.165) is 41.0 Å². The van der Waals surface area contributed by atoms with Gasteiger partial charge in [-0.25, -0.2) is 4.98 Å². The van der Waals surface area contributed by atoms with Crippen LogP contribution in [0, 0.1) is 0 Å². The van der Waals surface area contributed by atoms with Crippen molar-refractivity contribution in [1.29, 1.82) is 0 Å². The lowest BCUT2D eigenvalue weighted by Gasteiger charge is -2.14. The second-order valence-corrected chi connectivity index (χ2v) is 6.26. The molecule has 0 aliphatic carbocycles. The first-order valence-electron chi connectivity index (χ1n) is 9.22. The van der Waals surface area contributed by atoms with E-state index in [1.165, 1.54) is 0 Å². The van der Waals surface area contributed by atoms with Gasteiger partial charge in [0.05, 0.1) is 5.56 Å². The van der Waals surface area contributed by atoms with E-state index in [2.05, 4.69) is 46.6 Å². The number of aromatic nitrogens is 2. The normalized spacial score (nSPS) is 10.4. The summed E-state index contributed by atoms with van der Waals surface area (Å²) in [5.74, 6) is 0.579. The van der Waals surface area contributed by atoms with Crippen LogP contribution in [0.3, 0.4) is 0 Å². The summed E-state index contributed by atoms with van der Waals surface area (Å²) in [7, 11) is 0. The Labute approximate surface area is 159 Å². The monoisotopic (exact) mass is 360 g/mol. The van der Waals surface area contributed by atoms with Crippen molar-refractivity contribution in [1.82, 2.24) is 9.97 Å². The lowest BCUT2D eigenvalue weighted by Crippen LogP contribution is -2.15. The average molecular weight is 360 g/mol. The molecular weight excluding hydrogens is 336 g/mol. The molecule has 2 N–H and O–H groups in total. The molecule has 5 nitrogen and oxygen atoms in total. The van der Waals surface area contributed by atoms with E-state index in [-0.39, 0.29) is 5.91 Å². The minimum atomic E-state index is -0.142. The highest BCUT2D eigenvalue weighted by molar-refractivity contribution is 6.05. The number of rotatable bonds is 7. The number of carbonyl (C=O) groups is 1. The zero-order chi connectivity index (χ0) is 19.1. The fourth-order valence-electron chi connectivity index (χ4n) is 2.92. The molecule has 0 saturated heterocycles. The highest BCUT2D eigenvalue weighted by Crippen LogP contribution is 2.23. The fraction of sp³-hybridized carbons (Fsp3) is 0.227. The number of anilines is 2. The molecule has 2 aromatic heterocycles. The van der Waals surface area contributed by atoms with E-state index in [9.17, 15) is 4.79 Å². The number of pyridine rings is 2. The van der Waals surface area contributed by atoms with Gasteiger partial charge >= 0.3 is 0 Å². The summed E-state index contributed by atoms with van der Waals surface area (Å²) in [5, 5.41) is 6.30. The van der Waals surface area contributed by atoms with Crippen LogP contribution in [0.1, 0.15) is 40.9 Å². The molecule has 0 bridgehead atoms. The number of para-hydroxylation sites is 1. The van der Waals surface area contributed by atoms with Gasteiger partial charge in [-0.1, -0.05) is 38.1 Å². The summed E-state index contributed by atoms with van der Waals surface area (Å²) in [6, 6.07) is 13.6. The van der Waals surface area contributed by atoms with Crippen LogP contribution in [-0.2, 0) is 19.4 Å². The van der Waals surface area contributed by atoms with Crippen LogP contribution in [0.2, 0.25) is 0 Å². The maximum Gasteiger partial charge on any atom is 0.257 e. The second-order valence-electron chi connectivity index (χ2n) is 6.26. The number of aryl methyl sites for hydroxylation is 2. The van der Waals surface area contributed by atoms with Gasteiger partial charge in [0.2, 0.25) is 0 Å². The Morgan fingerprint density at radius 3 is 2.33 bits per heavy atom. The first kappa shape index (κ1) is 18.6. The van der Waals surface area contributed by atoms with Crippen LogP contribution >= 0.6 is 0 Å². The van der Waals surface area contributed by atoms with Crippen molar-refractivity contribution < 1.29 is 4.79 Å². The molecule has 1 amide bonds. The third-order valence-electron chi connectivity index (χ3n) is 4.46. The van der Waals surface area contributed by atoms with Gasteiger partial charge in [0.15, 0.2) is 0 Å². The van der Waals surface area contributed by atoms with Crippen LogP contribution in [-0.4, -0.2) is 15.9 Å². The number of nitrogens with zero attached hydrogens (tertiary/aromatic N) is 2. The van der Waals surface area contributed by atoms with Crippen molar-refractivity contribution in [2.45, 2.75) is 33.2 Å². The Kier molecular flexibility index (Phi) is 6.15. The predicted molar refractivity (Wildman–Crippen MR) is 109 cm³/mol. The molecule has 0 atom stereocenters. The topological polar surface area (TPSA) is 66.9 Å². The average Bonchev–Trinajstić information content (AvgIpc) is 2.73. The number of hydrogen-bond acceptors (Lipinski definition) is 4. The van der Waals surface area contributed by atoms with Crippen molar-refractivity contribution in [3.63, 3.8) is 0 Å². The van der Waals surface area contributed by atoms with Crippen LogP contribution < -0.4 is 10.6 Å². The molecule has 3 aromatic rings. The summed E-state index contributed by atoms with van der Waals surface area (Å²) in [5.41, 5.74) is 4.82. The van der Waals surface area contributed by atoms with Crippen molar-refractivity contribution in [2.24, 2.45) is 0 Å². The molecular formula is C22H24N4O. The standard InChI is InChI=1S/C22H24N4O/c1-3-17-8-5-9-18(4-2)21(17)26-22(27)19-10-11-20(25-15-19)24-14-16-7-6-12-23-13-16/h5-13,15H,3-4,14H2,1-2H3,(H,24,25)(H,26,27). The molecule has 0 unspecified atom stereocenters. The highest BCUT2D eigenvalue weighted by atomic mass is 16.1. The molecule has 1 aromatic carbocycles. The highest BCUT2D eigenvalue weighted by Gasteiger charge is 2.12. The fourth-order valence-corrected chi connectivity index (χ4v) is 2.92. The van der Waals surface area contributed by atoms with Gasteiger partial charge in [-0.05, 0) is 47.7 Å². The van der Waals surface area contributed by atoms with Crippen molar-refractivity contribution in [3.8, 4) is 0 Å². The maximum atomic E-state index is 12.7. The Balaban J connectivity index is 1.68. The van der Waals surface area contributed by atoms with Gasteiger partial charge in [0, 0.05) is 30.8 Å². The number of carbonyl (C=O) groups excluding carboxylic acids is 1. The van der Waals surface area contributed by atoms with E-state index in [4.69, 9.17) is 0 Å². The molecule has 138 valence electrons. The van der Waals surface area contributed by atoms with E-state index >= 15 is 0 Å². The SMILES string of the molecule is CCc1cccc(CC)c1NC(=O)c1ccc(NCc2cccnc2)nc1. The number of benzene rings is 1. The van der Waals surface area contributed by atoms with E-state index in [1.54, 1.807) is 18.5 Å². The molecule has 0 radical (unpaired) electrons. The summed E-state index contributed by atoms with van der Waals surface area (Å²) in [6.07, 6.45) is 6.90. The first-order valence-corrected chi connectivity index (χ1v) is 9.22. The molecule has 0 fully saturated rings. The van der Waals surface area contributed by atoms with E-state index in [0.29, 0.717) is 12.1 Å². The molecule has 0 aliphatic rings. The summed E-state index contributed by atoms with van der Waals surface area (Å²) < 4.78 is 0. The van der Waals surface area contributed by atoms with Gasteiger partial charge in [0.25, 0.3) is 5.91 Å². The van der Waals surface area contributed by atoms with Crippen molar-refractivity contribution >= 4 is 17.4 Å². The quantitative estimate of drug-likeness (QED) is 0.652. The molecule has 0 spiro atoms. The van der Waals surface area contributed by atoms with Crippen molar-refractivity contribution in [2.75, 3.05) is 10.6 Å². The van der Waals surface area contributed by atoms with Crippen LogP contribution in [0.25, 0.3) is 0 Å². The summed E-state index contributed by atoms with van der Waals surface area (Å²) in [6.45, 7) is 4.82. The molecule has 5 heteroatoms. The number of hydrogen-bond donors (Lipinski definition) is 2. The van der Waals surface area contributed by atoms with Gasteiger partial charge in [-0.3, -0.25) is 9.78 Å². The zero-order valence-corrected chi connectivity index (χ0v) is 15.7. The second kappa shape index (κ2) is 8.94. The lowest BCUT2D eigenvalue weighted by atomic mass is 10.0. The van der Waals surface area contributed by atoms with Crippen LogP contribution in [0.5, 0.6) is 0 Å². The Morgan fingerprint density at radius 2 is 1.74 bits per heavy atom. The molecule has 0 saturated carbocycles.